The largest absolute Gasteiger partial charge is 0.497 e. The summed E-state index contributed by atoms with van der Waals surface area (Å²) in [5.41, 5.74) is 1.10. The number of carbonyl (C=O) groups excluding carboxylic acids is 1. The lowest BCUT2D eigenvalue weighted by Gasteiger charge is -2.24. The number of methoxy groups -OCH3 is 1. The van der Waals surface area contributed by atoms with Crippen LogP contribution in [0.4, 0.5) is 0 Å². The van der Waals surface area contributed by atoms with Crippen molar-refractivity contribution in [3.63, 3.8) is 0 Å². The summed E-state index contributed by atoms with van der Waals surface area (Å²) in [6.45, 7) is 1.73. The summed E-state index contributed by atoms with van der Waals surface area (Å²) >= 11 is 0. The lowest BCUT2D eigenvalue weighted by Crippen LogP contribution is -2.35. The molecule has 0 saturated carbocycles. The summed E-state index contributed by atoms with van der Waals surface area (Å²) in [6, 6.07) is 8.40. The number of ether oxygens (including phenoxy) is 1. The smallest absolute Gasteiger partial charge is 0.222 e. The van der Waals surface area contributed by atoms with Gasteiger partial charge in [0.2, 0.25) is 5.91 Å². The van der Waals surface area contributed by atoms with E-state index in [1.54, 1.807) is 12.0 Å². The maximum atomic E-state index is 12.2. The molecule has 0 spiro atoms. The van der Waals surface area contributed by atoms with E-state index in [0.29, 0.717) is 19.0 Å². The molecule has 1 aliphatic rings. The number of carbonyl (C=O) groups is 1. The van der Waals surface area contributed by atoms with E-state index in [-0.39, 0.29) is 5.91 Å². The molecule has 1 saturated heterocycles. The van der Waals surface area contributed by atoms with Crippen molar-refractivity contribution < 1.29 is 9.53 Å². The normalized spacial score (nSPS) is 18.3. The third-order valence-electron chi connectivity index (χ3n) is 4.10. The van der Waals surface area contributed by atoms with Gasteiger partial charge in [-0.2, -0.15) is 0 Å². The molecule has 1 fully saturated rings. The molecule has 4 nitrogen and oxygen atoms in total. The first kappa shape index (κ1) is 15.8. The van der Waals surface area contributed by atoms with Gasteiger partial charge in [-0.05, 0) is 43.5 Å². The average Bonchev–Trinajstić information content (AvgIpc) is 2.53. The fraction of sp³-hybridized carbons (Fsp3) is 0.588. The Labute approximate surface area is 127 Å². The van der Waals surface area contributed by atoms with Crippen LogP contribution < -0.4 is 10.1 Å². The number of nitrogens with one attached hydrogen (secondary N) is 1. The Morgan fingerprint density at radius 2 is 2.29 bits per heavy atom. The number of rotatable bonds is 6. The Balaban J connectivity index is 1.78. The van der Waals surface area contributed by atoms with Gasteiger partial charge in [-0.25, -0.2) is 0 Å². The molecule has 0 aromatic heterocycles. The minimum absolute atomic E-state index is 0.213. The number of hydrogen-bond acceptors (Lipinski definition) is 3. The van der Waals surface area contributed by atoms with Crippen LogP contribution in [0.3, 0.4) is 0 Å². The van der Waals surface area contributed by atoms with Crippen molar-refractivity contribution in [3.8, 4) is 5.75 Å². The van der Waals surface area contributed by atoms with Crippen molar-refractivity contribution in [1.82, 2.24) is 10.2 Å². The highest BCUT2D eigenvalue weighted by atomic mass is 16.5. The van der Waals surface area contributed by atoms with E-state index in [9.17, 15) is 4.79 Å². The number of nitrogens with zero attached hydrogens (tertiary/aromatic N) is 1. The van der Waals surface area contributed by atoms with Crippen LogP contribution in [0.2, 0.25) is 0 Å². The van der Waals surface area contributed by atoms with Gasteiger partial charge < -0.3 is 15.0 Å². The second-order valence-corrected chi connectivity index (χ2v) is 5.79. The number of benzene rings is 1. The lowest BCUT2D eigenvalue weighted by molar-refractivity contribution is -0.130. The summed E-state index contributed by atoms with van der Waals surface area (Å²) in [6.07, 6.45) is 5.32. The van der Waals surface area contributed by atoms with Crippen LogP contribution >= 0.6 is 0 Å². The number of piperidine rings is 1. The molecular formula is C17H26N2O2. The summed E-state index contributed by atoms with van der Waals surface area (Å²) in [5.74, 6) is 1.05. The molecular weight excluding hydrogens is 264 g/mol. The predicted molar refractivity (Wildman–Crippen MR) is 84.3 cm³/mol. The second kappa shape index (κ2) is 8.03. The van der Waals surface area contributed by atoms with Crippen LogP contribution in [-0.2, 0) is 11.3 Å². The van der Waals surface area contributed by atoms with Gasteiger partial charge in [-0.3, -0.25) is 4.79 Å². The Bertz CT molecular complexity index is 456. The van der Waals surface area contributed by atoms with Crippen LogP contribution in [0.15, 0.2) is 24.3 Å². The second-order valence-electron chi connectivity index (χ2n) is 5.79. The van der Waals surface area contributed by atoms with Gasteiger partial charge in [0, 0.05) is 26.1 Å². The van der Waals surface area contributed by atoms with E-state index in [2.05, 4.69) is 5.32 Å². The Morgan fingerprint density at radius 1 is 1.43 bits per heavy atom. The maximum Gasteiger partial charge on any atom is 0.222 e. The molecule has 1 unspecified atom stereocenters. The van der Waals surface area contributed by atoms with Crippen LogP contribution in [0, 0.1) is 0 Å². The zero-order valence-electron chi connectivity index (χ0n) is 13.1. The van der Waals surface area contributed by atoms with E-state index in [0.717, 1.165) is 24.3 Å². The monoisotopic (exact) mass is 290 g/mol. The molecule has 1 atom stereocenters. The van der Waals surface area contributed by atoms with Crippen LogP contribution in [0.1, 0.15) is 37.7 Å². The maximum absolute atomic E-state index is 12.2. The summed E-state index contributed by atoms with van der Waals surface area (Å²) in [7, 11) is 3.53. The molecule has 1 aromatic rings. The fourth-order valence-corrected chi connectivity index (χ4v) is 2.79. The Hall–Kier alpha value is -1.55. The van der Waals surface area contributed by atoms with Gasteiger partial charge in [-0.1, -0.05) is 18.6 Å². The van der Waals surface area contributed by atoms with E-state index < -0.39 is 0 Å². The third-order valence-corrected chi connectivity index (χ3v) is 4.10. The zero-order valence-corrected chi connectivity index (χ0v) is 13.1. The van der Waals surface area contributed by atoms with Gasteiger partial charge >= 0.3 is 0 Å². The van der Waals surface area contributed by atoms with Crippen LogP contribution in [-0.4, -0.2) is 37.6 Å². The van der Waals surface area contributed by atoms with E-state index in [1.165, 1.54) is 19.3 Å². The summed E-state index contributed by atoms with van der Waals surface area (Å²) < 4.78 is 5.21. The Morgan fingerprint density at radius 3 is 3.00 bits per heavy atom. The molecule has 0 bridgehead atoms. The highest BCUT2D eigenvalue weighted by molar-refractivity contribution is 5.75. The molecule has 4 heteroatoms. The van der Waals surface area contributed by atoms with E-state index in [4.69, 9.17) is 4.74 Å². The first-order chi connectivity index (χ1) is 10.2. The Kier molecular flexibility index (Phi) is 6.05. The molecule has 116 valence electrons. The van der Waals surface area contributed by atoms with Gasteiger partial charge in [0.05, 0.1) is 7.11 Å². The zero-order chi connectivity index (χ0) is 15.1. The van der Waals surface area contributed by atoms with E-state index >= 15 is 0 Å². The summed E-state index contributed by atoms with van der Waals surface area (Å²) in [5, 5.41) is 3.49. The van der Waals surface area contributed by atoms with Crippen molar-refractivity contribution in [2.45, 2.75) is 44.7 Å². The van der Waals surface area contributed by atoms with Gasteiger partial charge in [0.1, 0.15) is 5.75 Å². The molecule has 21 heavy (non-hydrogen) atoms. The highest BCUT2D eigenvalue weighted by Gasteiger charge is 2.16. The topological polar surface area (TPSA) is 41.6 Å². The third kappa shape index (κ3) is 5.05. The number of hydrogen-bond donors (Lipinski definition) is 1. The molecule has 1 aliphatic heterocycles. The molecule has 1 amide bonds. The van der Waals surface area contributed by atoms with Crippen LogP contribution in [0.25, 0.3) is 0 Å². The quantitative estimate of drug-likeness (QED) is 0.875. The van der Waals surface area contributed by atoms with Gasteiger partial charge in [0.25, 0.3) is 0 Å². The molecule has 1 N–H and O–H groups in total. The standard InChI is InChI=1S/C17H26N2O2/c1-19(13-14-6-5-8-16(12-14)21-2)17(20)10-9-15-7-3-4-11-18-15/h5-6,8,12,15,18H,3-4,7,9-11,13H2,1-2H3. The SMILES string of the molecule is COc1cccc(CN(C)C(=O)CCC2CCCCN2)c1. The predicted octanol–water partition coefficient (Wildman–Crippen LogP) is 2.58. The molecule has 2 rings (SSSR count). The average molecular weight is 290 g/mol. The molecule has 0 radical (unpaired) electrons. The van der Waals surface area contributed by atoms with Crippen molar-refractivity contribution in [3.05, 3.63) is 29.8 Å². The number of amides is 1. The van der Waals surface area contributed by atoms with Crippen molar-refractivity contribution in [2.75, 3.05) is 20.7 Å². The van der Waals surface area contributed by atoms with Crippen molar-refractivity contribution in [1.29, 1.82) is 0 Å². The first-order valence-electron chi connectivity index (χ1n) is 7.79. The van der Waals surface area contributed by atoms with E-state index in [1.807, 2.05) is 31.3 Å². The molecule has 1 heterocycles. The van der Waals surface area contributed by atoms with Gasteiger partial charge in [0.15, 0.2) is 0 Å². The molecule has 1 aromatic carbocycles. The first-order valence-corrected chi connectivity index (χ1v) is 7.79. The van der Waals surface area contributed by atoms with Crippen LogP contribution in [0.5, 0.6) is 5.75 Å². The highest BCUT2D eigenvalue weighted by Crippen LogP contribution is 2.16. The molecule has 0 aliphatic carbocycles. The minimum atomic E-state index is 0.213. The summed E-state index contributed by atoms with van der Waals surface area (Å²) in [4.78, 5) is 14.0. The van der Waals surface area contributed by atoms with Gasteiger partial charge in [-0.15, -0.1) is 0 Å². The van der Waals surface area contributed by atoms with Crippen molar-refractivity contribution >= 4 is 5.91 Å². The lowest BCUT2D eigenvalue weighted by atomic mass is 10.0. The van der Waals surface area contributed by atoms with Crippen molar-refractivity contribution in [2.24, 2.45) is 0 Å². The fourth-order valence-electron chi connectivity index (χ4n) is 2.79. The minimum Gasteiger partial charge on any atom is -0.497 e.